The maximum absolute atomic E-state index is 13.0. The largest absolute Gasteiger partial charge is 0.462 e. The molecule has 2 saturated heterocycles. The van der Waals surface area contributed by atoms with Crippen LogP contribution in [0.15, 0.2) is 0 Å². The first-order valence-electron chi connectivity index (χ1n) is 27.6. The van der Waals surface area contributed by atoms with Gasteiger partial charge in [0.2, 0.25) is 0 Å². The van der Waals surface area contributed by atoms with Crippen molar-refractivity contribution in [1.82, 2.24) is 0 Å². The highest BCUT2D eigenvalue weighted by atomic mass is 16.7. The Morgan fingerprint density at radius 3 is 1.15 bits per heavy atom. The molecule has 2 aliphatic rings. The van der Waals surface area contributed by atoms with Gasteiger partial charge in [0.15, 0.2) is 18.7 Å². The van der Waals surface area contributed by atoms with Gasteiger partial charge in [-0.15, -0.1) is 0 Å². The Balaban J connectivity index is 1.77. The van der Waals surface area contributed by atoms with Gasteiger partial charge in [-0.05, 0) is 12.8 Å². The van der Waals surface area contributed by atoms with E-state index in [1.165, 1.54) is 154 Å². The average molecular weight is 977 g/mol. The first-order valence-corrected chi connectivity index (χ1v) is 27.6. The van der Waals surface area contributed by atoms with E-state index in [1.54, 1.807) is 0 Å². The lowest BCUT2D eigenvalue weighted by Crippen LogP contribution is -2.61. The van der Waals surface area contributed by atoms with Crippen molar-refractivity contribution in [2.45, 2.75) is 300 Å². The molecular formula is C53H100O15. The highest BCUT2D eigenvalue weighted by Gasteiger charge is 2.47. The van der Waals surface area contributed by atoms with Gasteiger partial charge < -0.3 is 64.2 Å². The molecule has 0 bridgehead atoms. The number of ether oxygens (including phenoxy) is 6. The third kappa shape index (κ3) is 28.5. The predicted octanol–water partition coefficient (Wildman–Crippen LogP) is 8.39. The number of aliphatic hydroxyl groups excluding tert-OH is 7. The summed E-state index contributed by atoms with van der Waals surface area (Å²) in [5, 5.41) is 72.2. The Hall–Kier alpha value is -1.50. The number of rotatable bonds is 44. The number of hydrogen-bond acceptors (Lipinski definition) is 15. The number of aliphatic hydroxyl groups is 7. The first-order chi connectivity index (χ1) is 33.0. The van der Waals surface area contributed by atoms with E-state index in [0.717, 1.165) is 38.5 Å². The zero-order valence-electron chi connectivity index (χ0n) is 42.6. The van der Waals surface area contributed by atoms with Gasteiger partial charge in [-0.3, -0.25) is 9.59 Å². The molecule has 0 amide bonds. The second kappa shape index (κ2) is 41.0. The van der Waals surface area contributed by atoms with Gasteiger partial charge in [0, 0.05) is 12.8 Å². The summed E-state index contributed by atoms with van der Waals surface area (Å²) >= 11 is 0. The van der Waals surface area contributed by atoms with Crippen molar-refractivity contribution in [3.63, 3.8) is 0 Å². The fourth-order valence-electron chi connectivity index (χ4n) is 9.04. The van der Waals surface area contributed by atoms with Crippen LogP contribution in [0.25, 0.3) is 0 Å². The van der Waals surface area contributed by atoms with Crippen LogP contribution < -0.4 is 0 Å². The lowest BCUT2D eigenvalue weighted by Gasteiger charge is -2.42. The highest BCUT2D eigenvalue weighted by Crippen LogP contribution is 2.27. The summed E-state index contributed by atoms with van der Waals surface area (Å²) < 4.78 is 33.7. The van der Waals surface area contributed by atoms with Crippen molar-refractivity contribution < 1.29 is 73.8 Å². The molecule has 0 spiro atoms. The molecule has 0 aromatic carbocycles. The third-order valence-corrected chi connectivity index (χ3v) is 13.6. The highest BCUT2D eigenvalue weighted by molar-refractivity contribution is 5.70. The second-order valence-corrected chi connectivity index (χ2v) is 19.8. The van der Waals surface area contributed by atoms with E-state index >= 15 is 0 Å². The molecule has 402 valence electrons. The van der Waals surface area contributed by atoms with Crippen LogP contribution >= 0.6 is 0 Å². The number of esters is 2. The maximum Gasteiger partial charge on any atom is 0.306 e. The number of carbonyl (C=O) groups excluding carboxylic acids is 2. The fraction of sp³-hybridized carbons (Fsp3) is 0.962. The standard InChI is InChI=1S/C53H100O15/c1-3-5-7-9-11-13-15-17-19-21-23-25-27-29-31-33-35-44(55)63-38-41(66-45(56)36-34-32-30-28-26-24-22-20-18-16-14-12-10-8-6-4-2)39-64-52-51(62)49(60)47(58)43(68-52)40-65-53-50(61)48(59)46(57)42(37-54)67-53/h41-43,46-54,57-62H,3-40H2,1-2H3. The molecule has 15 heteroatoms. The SMILES string of the molecule is CCCCCCCCCCCCCCCCCCC(=O)OCC(COC1OC(COC2OC(CO)C(O)C(O)C2O)C(O)C(O)C1O)OC(=O)CCCCCCCCCCCCCCCCCC. The smallest absolute Gasteiger partial charge is 0.306 e. The van der Waals surface area contributed by atoms with E-state index in [9.17, 15) is 45.3 Å². The molecule has 2 heterocycles. The molecule has 2 fully saturated rings. The number of carbonyl (C=O) groups is 2. The molecule has 2 rings (SSSR count). The van der Waals surface area contributed by atoms with Crippen molar-refractivity contribution in [2.75, 3.05) is 26.4 Å². The minimum Gasteiger partial charge on any atom is -0.462 e. The Labute approximate surface area is 410 Å². The summed E-state index contributed by atoms with van der Waals surface area (Å²) in [6.45, 7) is 2.64. The maximum atomic E-state index is 13.0. The van der Waals surface area contributed by atoms with Gasteiger partial charge in [-0.25, -0.2) is 0 Å². The van der Waals surface area contributed by atoms with Crippen molar-refractivity contribution in [2.24, 2.45) is 0 Å². The van der Waals surface area contributed by atoms with E-state index in [2.05, 4.69) is 13.8 Å². The molecular weight excluding hydrogens is 877 g/mol. The lowest BCUT2D eigenvalue weighted by atomic mass is 9.98. The summed E-state index contributed by atoms with van der Waals surface area (Å²) in [5.74, 6) is -0.906. The van der Waals surface area contributed by atoms with E-state index in [1.807, 2.05) is 0 Å². The Morgan fingerprint density at radius 1 is 0.412 bits per heavy atom. The van der Waals surface area contributed by atoms with Crippen molar-refractivity contribution in [1.29, 1.82) is 0 Å². The first kappa shape index (κ1) is 62.6. The summed E-state index contributed by atoms with van der Waals surface area (Å²) in [6, 6.07) is 0. The molecule has 7 N–H and O–H groups in total. The molecule has 15 nitrogen and oxygen atoms in total. The van der Waals surface area contributed by atoms with Crippen molar-refractivity contribution in [3.05, 3.63) is 0 Å². The van der Waals surface area contributed by atoms with E-state index in [0.29, 0.717) is 12.8 Å². The van der Waals surface area contributed by atoms with Crippen LogP contribution in [0.4, 0.5) is 0 Å². The van der Waals surface area contributed by atoms with Gasteiger partial charge in [0.05, 0.1) is 19.8 Å². The summed E-state index contributed by atoms with van der Waals surface area (Å²) in [5.41, 5.74) is 0. The molecule has 0 aromatic rings. The van der Waals surface area contributed by atoms with Crippen LogP contribution in [0, 0.1) is 0 Å². The van der Waals surface area contributed by atoms with Crippen LogP contribution in [-0.4, -0.2) is 142 Å². The normalized spacial score (nSPS) is 25.7. The quantitative estimate of drug-likeness (QED) is 0.0225. The van der Waals surface area contributed by atoms with Gasteiger partial charge >= 0.3 is 11.9 Å². The molecule has 11 unspecified atom stereocenters. The van der Waals surface area contributed by atoms with Gasteiger partial charge in [0.1, 0.15) is 55.4 Å². The summed E-state index contributed by atoms with van der Waals surface area (Å²) in [7, 11) is 0. The van der Waals surface area contributed by atoms with E-state index < -0.39 is 92.7 Å². The van der Waals surface area contributed by atoms with Crippen molar-refractivity contribution >= 4 is 11.9 Å². The van der Waals surface area contributed by atoms with Gasteiger partial charge in [-0.1, -0.05) is 206 Å². The molecule has 0 saturated carbocycles. The van der Waals surface area contributed by atoms with Crippen LogP contribution in [0.5, 0.6) is 0 Å². The number of hydrogen-bond donors (Lipinski definition) is 7. The Kier molecular flexibility index (Phi) is 37.8. The van der Waals surface area contributed by atoms with E-state index in [4.69, 9.17) is 28.4 Å². The van der Waals surface area contributed by atoms with Crippen LogP contribution in [-0.2, 0) is 38.0 Å². The predicted molar refractivity (Wildman–Crippen MR) is 262 cm³/mol. The minimum atomic E-state index is -1.76. The van der Waals surface area contributed by atoms with E-state index in [-0.39, 0.29) is 26.1 Å². The Bertz CT molecular complexity index is 1190. The molecule has 68 heavy (non-hydrogen) atoms. The summed E-state index contributed by atoms with van der Waals surface area (Å²) in [6.07, 6.45) is 22.6. The zero-order valence-corrected chi connectivity index (χ0v) is 42.6. The second-order valence-electron chi connectivity index (χ2n) is 19.8. The average Bonchev–Trinajstić information content (AvgIpc) is 3.33. The van der Waals surface area contributed by atoms with Gasteiger partial charge in [-0.2, -0.15) is 0 Å². The zero-order chi connectivity index (χ0) is 49.6. The molecule has 0 radical (unpaired) electrons. The van der Waals surface area contributed by atoms with Crippen LogP contribution in [0.2, 0.25) is 0 Å². The lowest BCUT2D eigenvalue weighted by molar-refractivity contribution is -0.332. The minimum absolute atomic E-state index is 0.174. The van der Waals surface area contributed by atoms with Crippen LogP contribution in [0.1, 0.15) is 232 Å². The fourth-order valence-corrected chi connectivity index (χ4v) is 9.04. The summed E-state index contributed by atoms with van der Waals surface area (Å²) in [4.78, 5) is 25.8. The number of unbranched alkanes of at least 4 members (excludes halogenated alkanes) is 30. The third-order valence-electron chi connectivity index (χ3n) is 13.6. The molecule has 11 atom stereocenters. The topological polar surface area (TPSA) is 231 Å². The molecule has 0 aromatic heterocycles. The Morgan fingerprint density at radius 2 is 0.750 bits per heavy atom. The molecule has 2 aliphatic heterocycles. The van der Waals surface area contributed by atoms with Gasteiger partial charge in [0.25, 0.3) is 0 Å². The molecule has 0 aliphatic carbocycles. The van der Waals surface area contributed by atoms with Crippen molar-refractivity contribution in [3.8, 4) is 0 Å². The van der Waals surface area contributed by atoms with Crippen LogP contribution in [0.3, 0.4) is 0 Å². The monoisotopic (exact) mass is 977 g/mol.